The van der Waals surface area contributed by atoms with Gasteiger partial charge in [0.25, 0.3) is 0 Å². The Balaban J connectivity index is 5.30. The first kappa shape index (κ1) is 39.7. The summed E-state index contributed by atoms with van der Waals surface area (Å²) in [6.07, 6.45) is 0. The van der Waals surface area contributed by atoms with Crippen LogP contribution >= 0.6 is 22.8 Å². The van der Waals surface area contributed by atoms with Crippen molar-refractivity contribution in [2.24, 2.45) is 35.5 Å². The first-order valence-electron chi connectivity index (χ1n) is 14.8. The highest BCUT2D eigenvalue weighted by molar-refractivity contribution is 7.54. The van der Waals surface area contributed by atoms with Crippen molar-refractivity contribution in [3.63, 3.8) is 0 Å². The average Bonchev–Trinajstić information content (AvgIpc) is 2.72. The summed E-state index contributed by atoms with van der Waals surface area (Å²) in [4.78, 5) is 67.1. The van der Waals surface area contributed by atoms with Gasteiger partial charge in [-0.15, -0.1) is 0 Å². The molecule has 0 heterocycles. The number of rotatable bonds is 12. The minimum atomic E-state index is -5.02. The van der Waals surface area contributed by atoms with Crippen molar-refractivity contribution in [1.82, 2.24) is 0 Å². The minimum Gasteiger partial charge on any atom is -0.324 e. The van der Waals surface area contributed by atoms with Crippen molar-refractivity contribution in [2.45, 2.75) is 119 Å². The maximum atomic E-state index is 13.8. The van der Waals surface area contributed by atoms with Gasteiger partial charge in [0, 0.05) is 0 Å². The molecule has 0 bridgehead atoms. The zero-order valence-corrected chi connectivity index (χ0v) is 30.9. The van der Waals surface area contributed by atoms with Crippen LogP contribution in [0.25, 0.3) is 0 Å². The SMILES string of the molecule is Cc1c(C(C(C)C)(C(C)C)P(=O)(O)O)c(C)c(C(C(C)C)(C(C)C)P(=O)(O)O)c(C)c1C(C(C)C)(C(C)C)P(=O)(O)O. The molecule has 0 saturated heterocycles. The van der Waals surface area contributed by atoms with Gasteiger partial charge in [0.05, 0.1) is 0 Å². The van der Waals surface area contributed by atoms with Crippen LogP contribution in [0.5, 0.6) is 0 Å². The summed E-state index contributed by atoms with van der Waals surface area (Å²) in [6.45, 7) is 25.5. The topological polar surface area (TPSA) is 173 Å². The van der Waals surface area contributed by atoms with Crippen LogP contribution in [0.15, 0.2) is 0 Å². The molecule has 12 heteroatoms. The molecule has 0 unspecified atom stereocenters. The predicted octanol–water partition coefficient (Wildman–Crippen LogP) is 7.67. The minimum absolute atomic E-state index is 0.217. The third kappa shape index (κ3) is 5.41. The van der Waals surface area contributed by atoms with Gasteiger partial charge in [-0.25, -0.2) is 0 Å². The molecule has 0 saturated carbocycles. The molecule has 0 atom stereocenters. The average molecular weight is 655 g/mol. The molecule has 0 amide bonds. The maximum Gasteiger partial charge on any atom is 0.336 e. The van der Waals surface area contributed by atoms with E-state index in [1.54, 1.807) is 104 Å². The van der Waals surface area contributed by atoms with E-state index in [2.05, 4.69) is 0 Å². The summed E-state index contributed by atoms with van der Waals surface area (Å²) in [6, 6.07) is 0. The Morgan fingerprint density at radius 3 is 0.571 bits per heavy atom. The van der Waals surface area contributed by atoms with Gasteiger partial charge in [-0.2, -0.15) is 0 Å². The zero-order valence-electron chi connectivity index (χ0n) is 28.2. The molecule has 9 nitrogen and oxygen atoms in total. The Labute approximate surface area is 253 Å². The van der Waals surface area contributed by atoms with Crippen molar-refractivity contribution in [3.8, 4) is 0 Å². The van der Waals surface area contributed by atoms with Gasteiger partial charge in [0.15, 0.2) is 0 Å². The van der Waals surface area contributed by atoms with Crippen LogP contribution in [0.1, 0.15) is 116 Å². The summed E-state index contributed by atoms with van der Waals surface area (Å²) in [7, 11) is -15.1. The van der Waals surface area contributed by atoms with Crippen LogP contribution in [0.3, 0.4) is 0 Å². The molecule has 1 aromatic carbocycles. The highest BCUT2D eigenvalue weighted by Crippen LogP contribution is 2.73. The van der Waals surface area contributed by atoms with E-state index in [0.29, 0.717) is 16.7 Å². The van der Waals surface area contributed by atoms with Gasteiger partial charge in [-0.3, -0.25) is 13.7 Å². The molecule has 0 spiro atoms. The molecule has 1 aromatic rings. The Hall–Kier alpha value is -0.330. The largest absolute Gasteiger partial charge is 0.336 e. The van der Waals surface area contributed by atoms with Crippen LogP contribution in [0, 0.1) is 56.3 Å². The summed E-state index contributed by atoms with van der Waals surface area (Å²) in [5.41, 5.74) is 1.69. The molecule has 0 fully saturated rings. The molecule has 0 aliphatic heterocycles. The van der Waals surface area contributed by atoms with Crippen LogP contribution in [-0.4, -0.2) is 29.4 Å². The lowest BCUT2D eigenvalue weighted by atomic mass is 9.65. The first-order valence-corrected chi connectivity index (χ1v) is 19.7. The van der Waals surface area contributed by atoms with Gasteiger partial charge in [-0.05, 0) is 89.7 Å². The Morgan fingerprint density at radius 1 is 0.381 bits per heavy atom. The van der Waals surface area contributed by atoms with E-state index in [0.717, 1.165) is 0 Å². The van der Waals surface area contributed by atoms with E-state index in [1.165, 1.54) is 0 Å². The number of hydrogen-bond donors (Lipinski definition) is 6. The van der Waals surface area contributed by atoms with Crippen molar-refractivity contribution < 1.29 is 43.1 Å². The lowest BCUT2D eigenvalue weighted by molar-refractivity contribution is 0.225. The predicted molar refractivity (Wildman–Crippen MR) is 171 cm³/mol. The Bertz CT molecular complexity index is 1090. The van der Waals surface area contributed by atoms with E-state index in [9.17, 15) is 43.1 Å². The monoisotopic (exact) mass is 654 g/mol. The van der Waals surface area contributed by atoms with Crippen molar-refractivity contribution in [2.75, 3.05) is 0 Å². The number of hydrogen-bond acceptors (Lipinski definition) is 3. The molecule has 0 aromatic heterocycles. The molecular formula is C30H57O9P3. The van der Waals surface area contributed by atoms with Gasteiger partial charge < -0.3 is 29.4 Å². The third-order valence-corrected chi connectivity index (χ3v) is 16.8. The standard InChI is InChI=1S/C30H57O9P3/c1-16(2)28(17(3)4,40(31,32)33)25-22(13)26(29(18(5)6,19(7)8)41(34,35)36)24(15)27(23(25)14)30(20(9)10,21(11)12)42(37,38)39/h16-21H,1-15H3,(H2,31,32,33)(H2,34,35,36)(H2,37,38,39). The highest BCUT2D eigenvalue weighted by Gasteiger charge is 2.62. The normalized spacial score (nSPS) is 14.9. The molecule has 0 aliphatic carbocycles. The smallest absolute Gasteiger partial charge is 0.324 e. The van der Waals surface area contributed by atoms with Crippen LogP contribution in [0.4, 0.5) is 0 Å². The van der Waals surface area contributed by atoms with Crippen molar-refractivity contribution in [1.29, 1.82) is 0 Å². The molecule has 246 valence electrons. The second-order valence-electron chi connectivity index (χ2n) is 14.0. The fourth-order valence-electron chi connectivity index (χ4n) is 9.21. The lowest BCUT2D eigenvalue weighted by Crippen LogP contribution is -2.46. The van der Waals surface area contributed by atoms with Gasteiger partial charge in [0.2, 0.25) is 0 Å². The van der Waals surface area contributed by atoms with E-state index < -0.39 is 73.8 Å². The van der Waals surface area contributed by atoms with Crippen molar-refractivity contribution in [3.05, 3.63) is 33.4 Å². The van der Waals surface area contributed by atoms with E-state index in [4.69, 9.17) is 0 Å². The van der Waals surface area contributed by atoms with E-state index >= 15 is 0 Å². The van der Waals surface area contributed by atoms with Crippen molar-refractivity contribution >= 4 is 22.8 Å². The summed E-state index contributed by atoms with van der Waals surface area (Å²) in [5.74, 6) is -3.89. The number of benzene rings is 1. The summed E-state index contributed by atoms with van der Waals surface area (Å²) >= 11 is 0. The van der Waals surface area contributed by atoms with Crippen LogP contribution in [0.2, 0.25) is 0 Å². The zero-order chi connectivity index (χ0) is 33.9. The highest BCUT2D eigenvalue weighted by atomic mass is 31.2. The molecule has 0 radical (unpaired) electrons. The Kier molecular flexibility index (Phi) is 11.8. The van der Waals surface area contributed by atoms with Gasteiger partial charge in [0.1, 0.15) is 15.5 Å². The second-order valence-corrected chi connectivity index (χ2v) is 19.5. The van der Waals surface area contributed by atoms with E-state index in [1.807, 2.05) is 0 Å². The fourth-order valence-corrected chi connectivity index (χ4v) is 15.1. The summed E-state index contributed by atoms with van der Waals surface area (Å²) < 4.78 is 41.3. The quantitative estimate of drug-likeness (QED) is 0.124. The summed E-state index contributed by atoms with van der Waals surface area (Å²) in [5, 5.41) is -5.45. The second kappa shape index (κ2) is 12.5. The fraction of sp³-hybridized carbons (Fsp3) is 0.800. The maximum absolute atomic E-state index is 13.8. The molecule has 6 N–H and O–H groups in total. The molecule has 1 rings (SSSR count). The molecule has 0 aliphatic rings. The van der Waals surface area contributed by atoms with E-state index in [-0.39, 0.29) is 16.7 Å². The third-order valence-electron chi connectivity index (χ3n) is 10.2. The lowest BCUT2D eigenvalue weighted by Gasteiger charge is -2.51. The van der Waals surface area contributed by atoms with Gasteiger partial charge in [-0.1, -0.05) is 83.1 Å². The Morgan fingerprint density at radius 2 is 0.500 bits per heavy atom. The molecular weight excluding hydrogens is 597 g/mol. The first-order chi connectivity index (χ1) is 18.5. The van der Waals surface area contributed by atoms with Crippen LogP contribution in [-0.2, 0) is 29.2 Å². The van der Waals surface area contributed by atoms with Gasteiger partial charge >= 0.3 is 22.8 Å². The molecule has 42 heavy (non-hydrogen) atoms. The van der Waals surface area contributed by atoms with Crippen LogP contribution < -0.4 is 0 Å².